The number of nitrogens with zero attached hydrogens (tertiary/aromatic N) is 1. The minimum Gasteiger partial charge on any atom is -0.287 e. The monoisotopic (exact) mass is 335 g/mol. The smallest absolute Gasteiger partial charge is 0.0643 e. The first-order valence-electron chi connectivity index (χ1n) is 3.63. The highest BCUT2D eigenvalue weighted by molar-refractivity contribution is 14.1. The predicted octanol–water partition coefficient (Wildman–Crippen LogP) is 3.91. The highest BCUT2D eigenvalue weighted by Crippen LogP contribution is 2.28. The zero-order chi connectivity index (χ0) is 8.72. The number of benzene rings is 1. The van der Waals surface area contributed by atoms with E-state index < -0.39 is 0 Å². The highest BCUT2D eigenvalue weighted by atomic mass is 127. The Kier molecular flexibility index (Phi) is 2.16. The van der Waals surface area contributed by atoms with E-state index in [9.17, 15) is 0 Å². The maximum absolute atomic E-state index is 3.53. The van der Waals surface area contributed by atoms with Crippen molar-refractivity contribution in [1.82, 2.24) is 2.78 Å². The van der Waals surface area contributed by atoms with Gasteiger partial charge in [0.15, 0.2) is 0 Å². The third kappa shape index (κ3) is 1.19. The second-order valence-corrected chi connectivity index (χ2v) is 4.56. The molecule has 3 heteroatoms. The summed E-state index contributed by atoms with van der Waals surface area (Å²) in [6.45, 7) is 2.11. The summed E-state index contributed by atoms with van der Waals surface area (Å²) < 4.78 is 3.33. The van der Waals surface area contributed by atoms with Gasteiger partial charge in [0.25, 0.3) is 0 Å². The molecule has 1 nitrogen and oxygen atoms in total. The van der Waals surface area contributed by atoms with Crippen molar-refractivity contribution in [2.45, 2.75) is 6.92 Å². The van der Waals surface area contributed by atoms with Crippen LogP contribution in [-0.2, 0) is 0 Å². The van der Waals surface area contributed by atoms with E-state index in [1.807, 2.05) is 0 Å². The van der Waals surface area contributed by atoms with Crippen LogP contribution in [0, 0.1) is 6.92 Å². The van der Waals surface area contributed by atoms with E-state index in [4.69, 9.17) is 0 Å². The first-order valence-corrected chi connectivity index (χ1v) is 5.38. The van der Waals surface area contributed by atoms with Crippen LogP contribution in [0.1, 0.15) is 5.69 Å². The van der Waals surface area contributed by atoms with E-state index in [-0.39, 0.29) is 0 Å². The largest absolute Gasteiger partial charge is 0.287 e. The van der Waals surface area contributed by atoms with Crippen LogP contribution in [-0.4, -0.2) is 2.78 Å². The molecule has 0 N–H and O–H groups in total. The molecule has 2 aromatic rings. The lowest BCUT2D eigenvalue weighted by Crippen LogP contribution is -1.79. The maximum atomic E-state index is 3.53. The Bertz CT molecular complexity index is 433. The van der Waals surface area contributed by atoms with Gasteiger partial charge < -0.3 is 0 Å². The number of aryl methyl sites for hydroxylation is 1. The molecule has 0 atom stereocenters. The molecule has 0 amide bonds. The lowest BCUT2D eigenvalue weighted by molar-refractivity contribution is 1.27. The molecule has 0 bridgehead atoms. The molecule has 0 radical (unpaired) electrons. The van der Waals surface area contributed by atoms with Crippen LogP contribution in [0.25, 0.3) is 10.9 Å². The normalized spacial score (nSPS) is 10.9. The molecule has 0 unspecified atom stereocenters. The summed E-state index contributed by atoms with van der Waals surface area (Å²) >= 11 is 5.84. The molecule has 0 aliphatic carbocycles. The third-order valence-electron chi connectivity index (χ3n) is 1.90. The molecule has 2 rings (SSSR count). The molecule has 0 spiro atoms. The van der Waals surface area contributed by atoms with Gasteiger partial charge in [0.05, 0.1) is 28.4 Å². The number of aromatic nitrogens is 1. The average molecular weight is 336 g/mol. The summed E-state index contributed by atoms with van der Waals surface area (Å²) in [5.74, 6) is 0. The lowest BCUT2D eigenvalue weighted by atomic mass is 10.2. The molecule has 62 valence electrons. The zero-order valence-electron chi connectivity index (χ0n) is 6.51. The van der Waals surface area contributed by atoms with E-state index in [0.717, 1.165) is 0 Å². The average Bonchev–Trinajstić information content (AvgIpc) is 2.32. The molecule has 0 aliphatic rings. The van der Waals surface area contributed by atoms with Crippen LogP contribution in [0.3, 0.4) is 0 Å². The van der Waals surface area contributed by atoms with Gasteiger partial charge >= 0.3 is 0 Å². The van der Waals surface area contributed by atoms with Crippen LogP contribution in [0.4, 0.5) is 0 Å². The van der Waals surface area contributed by atoms with E-state index in [1.165, 1.54) is 21.1 Å². The Balaban J connectivity index is 2.95. The Labute approximate surface area is 93.4 Å². The van der Waals surface area contributed by atoms with Gasteiger partial charge in [-0.05, 0) is 25.1 Å². The molecule has 0 saturated heterocycles. The van der Waals surface area contributed by atoms with Gasteiger partial charge in [0.1, 0.15) is 0 Å². The minimum atomic E-state index is 1.17. The highest BCUT2D eigenvalue weighted by Gasteiger charge is 2.04. The van der Waals surface area contributed by atoms with E-state index >= 15 is 0 Å². The van der Waals surface area contributed by atoms with Gasteiger partial charge in [-0.2, -0.15) is 0 Å². The molecule has 0 aliphatic heterocycles. The summed E-state index contributed by atoms with van der Waals surface area (Å²) in [4.78, 5) is 0. The van der Waals surface area contributed by atoms with Crippen LogP contribution in [0.15, 0.2) is 28.7 Å². The van der Waals surface area contributed by atoms with Crippen LogP contribution in [0.2, 0.25) is 0 Å². The van der Waals surface area contributed by atoms with Crippen molar-refractivity contribution in [3.8, 4) is 0 Å². The van der Waals surface area contributed by atoms with Gasteiger partial charge in [0.2, 0.25) is 0 Å². The Morgan fingerprint density at radius 2 is 2.17 bits per heavy atom. The fraction of sp³-hybridized carbons (Fsp3) is 0.111. The molecular weight excluding hydrogens is 329 g/mol. The van der Waals surface area contributed by atoms with Gasteiger partial charge in [-0.1, -0.05) is 22.0 Å². The fourth-order valence-electron chi connectivity index (χ4n) is 1.30. The fourth-order valence-corrected chi connectivity index (χ4v) is 2.33. The van der Waals surface area contributed by atoms with Crippen molar-refractivity contribution in [3.63, 3.8) is 0 Å². The molecular formula is C9H7BrIN. The number of hydrogen-bond donors (Lipinski definition) is 0. The van der Waals surface area contributed by atoms with Crippen LogP contribution < -0.4 is 0 Å². The summed E-state index contributed by atoms with van der Waals surface area (Å²) in [6.07, 6.45) is 0. The van der Waals surface area contributed by atoms with E-state index in [0.29, 0.717) is 0 Å². The van der Waals surface area contributed by atoms with Crippen molar-refractivity contribution in [3.05, 3.63) is 34.4 Å². The van der Waals surface area contributed by atoms with Gasteiger partial charge in [-0.15, -0.1) is 0 Å². The van der Waals surface area contributed by atoms with Crippen molar-refractivity contribution in [2.24, 2.45) is 0 Å². The summed E-state index contributed by atoms with van der Waals surface area (Å²) in [5, 5.41) is 1.28. The second kappa shape index (κ2) is 3.03. The topological polar surface area (TPSA) is 4.93 Å². The van der Waals surface area contributed by atoms with Crippen molar-refractivity contribution < 1.29 is 0 Å². The molecule has 0 saturated carbocycles. The van der Waals surface area contributed by atoms with E-state index in [1.54, 1.807) is 0 Å². The quantitative estimate of drug-likeness (QED) is 0.643. The molecule has 1 heterocycles. The van der Waals surface area contributed by atoms with Crippen molar-refractivity contribution in [2.75, 3.05) is 0 Å². The van der Waals surface area contributed by atoms with Gasteiger partial charge in [-0.25, -0.2) is 0 Å². The van der Waals surface area contributed by atoms with Crippen molar-refractivity contribution >= 4 is 49.7 Å². The first-order chi connectivity index (χ1) is 5.70. The SMILES string of the molecule is Cc1cc2c(Br)cccc2n1I. The molecule has 1 aromatic heterocycles. The molecule has 1 aromatic carbocycles. The predicted molar refractivity (Wildman–Crippen MR) is 63.8 cm³/mol. The number of hydrogen-bond acceptors (Lipinski definition) is 0. The first kappa shape index (κ1) is 8.56. The Morgan fingerprint density at radius 1 is 1.42 bits per heavy atom. The minimum absolute atomic E-state index is 1.17. The summed E-state index contributed by atoms with van der Waals surface area (Å²) in [5.41, 5.74) is 2.54. The van der Waals surface area contributed by atoms with Crippen LogP contribution in [0.5, 0.6) is 0 Å². The summed E-state index contributed by atoms with van der Waals surface area (Å²) in [6, 6.07) is 8.44. The number of fused-ring (bicyclic) bond motifs is 1. The molecule has 0 fully saturated rings. The second-order valence-electron chi connectivity index (χ2n) is 2.74. The Morgan fingerprint density at radius 3 is 2.83 bits per heavy atom. The standard InChI is InChI=1S/C9H7BrIN/c1-6-5-7-8(10)3-2-4-9(7)12(6)11/h2-5H,1H3. The number of rotatable bonds is 0. The van der Waals surface area contributed by atoms with Crippen molar-refractivity contribution in [1.29, 1.82) is 0 Å². The maximum Gasteiger partial charge on any atom is 0.0643 e. The zero-order valence-corrected chi connectivity index (χ0v) is 10.3. The van der Waals surface area contributed by atoms with Crippen LogP contribution >= 0.6 is 38.8 Å². The van der Waals surface area contributed by atoms with E-state index in [2.05, 4.69) is 72.8 Å². The number of halogens is 2. The third-order valence-corrected chi connectivity index (χ3v) is 3.88. The lowest BCUT2D eigenvalue weighted by Gasteiger charge is -1.95. The Hall–Kier alpha value is -0.0300. The van der Waals surface area contributed by atoms with Gasteiger partial charge in [0, 0.05) is 15.6 Å². The molecule has 12 heavy (non-hydrogen) atoms. The van der Waals surface area contributed by atoms with Gasteiger partial charge in [-0.3, -0.25) is 2.78 Å². The summed E-state index contributed by atoms with van der Waals surface area (Å²) in [7, 11) is 0.